The summed E-state index contributed by atoms with van der Waals surface area (Å²) in [7, 11) is 0. The van der Waals surface area contributed by atoms with E-state index in [0.29, 0.717) is 48.2 Å². The summed E-state index contributed by atoms with van der Waals surface area (Å²) in [5.74, 6) is 0.407. The molecule has 0 saturated carbocycles. The molecule has 10 heteroatoms. The molecule has 0 spiro atoms. The molecule has 0 unspecified atom stereocenters. The monoisotopic (exact) mass is 444 g/mol. The van der Waals surface area contributed by atoms with Crippen LogP contribution in [0.3, 0.4) is 0 Å². The van der Waals surface area contributed by atoms with Crippen LogP contribution >= 0.6 is 0 Å². The summed E-state index contributed by atoms with van der Waals surface area (Å²) < 4.78 is 44.7. The number of aromatic nitrogens is 5. The molecule has 4 rings (SSSR count). The van der Waals surface area contributed by atoms with E-state index in [-0.39, 0.29) is 18.9 Å². The first-order chi connectivity index (χ1) is 15.2. The summed E-state index contributed by atoms with van der Waals surface area (Å²) in [5.41, 5.74) is 2.95. The molecule has 4 heterocycles. The number of hydrogen-bond donors (Lipinski definition) is 0. The summed E-state index contributed by atoms with van der Waals surface area (Å²) in [6.45, 7) is 8.39. The molecule has 0 aliphatic carbocycles. The first-order valence-electron chi connectivity index (χ1n) is 10.2. The molecule has 1 aliphatic rings. The fraction of sp³-hybridized carbons (Fsp3) is 0.409. The number of allylic oxidation sites excluding steroid dienone is 1. The highest BCUT2D eigenvalue weighted by Gasteiger charge is 2.32. The Kier molecular flexibility index (Phi) is 6.05. The number of pyridine rings is 1. The molecule has 32 heavy (non-hydrogen) atoms. The number of rotatable bonds is 5. The molecule has 1 aliphatic heterocycles. The van der Waals surface area contributed by atoms with Gasteiger partial charge in [0.15, 0.2) is 5.65 Å². The van der Waals surface area contributed by atoms with Crippen molar-refractivity contribution in [3.05, 3.63) is 59.3 Å². The van der Waals surface area contributed by atoms with Gasteiger partial charge in [0.2, 0.25) is 5.95 Å². The van der Waals surface area contributed by atoms with Gasteiger partial charge in [0.25, 0.3) is 0 Å². The number of alkyl halides is 3. The van der Waals surface area contributed by atoms with Crippen LogP contribution < -0.4 is 4.90 Å². The Balaban J connectivity index is 1.65. The van der Waals surface area contributed by atoms with Crippen molar-refractivity contribution in [3.63, 3.8) is 0 Å². The van der Waals surface area contributed by atoms with E-state index < -0.39 is 11.7 Å². The predicted molar refractivity (Wildman–Crippen MR) is 113 cm³/mol. The minimum atomic E-state index is -4.44. The number of anilines is 1. The van der Waals surface area contributed by atoms with Crippen LogP contribution in [-0.2, 0) is 11.2 Å². The van der Waals surface area contributed by atoms with Crippen LogP contribution in [0.25, 0.3) is 11.2 Å². The lowest BCUT2D eigenvalue weighted by atomic mass is 10.1. The van der Waals surface area contributed by atoms with E-state index in [1.165, 1.54) is 0 Å². The van der Waals surface area contributed by atoms with Crippen molar-refractivity contribution in [1.29, 1.82) is 0 Å². The van der Waals surface area contributed by atoms with Crippen LogP contribution in [-0.4, -0.2) is 50.8 Å². The lowest BCUT2D eigenvalue weighted by molar-refractivity contribution is -0.0935. The quantitative estimate of drug-likeness (QED) is 0.549. The van der Waals surface area contributed by atoms with Gasteiger partial charge in [-0.2, -0.15) is 18.2 Å². The number of aryl methyl sites for hydroxylation is 3. The summed E-state index contributed by atoms with van der Waals surface area (Å²) in [4.78, 5) is 24.1. The topological polar surface area (TPSA) is 76.9 Å². The molecule has 0 aromatic carbocycles. The van der Waals surface area contributed by atoms with Crippen molar-refractivity contribution in [1.82, 2.24) is 24.9 Å². The molecule has 0 bridgehead atoms. The molecule has 0 N–H and O–H groups in total. The fourth-order valence-electron chi connectivity index (χ4n) is 3.57. The average molecular weight is 444 g/mol. The van der Waals surface area contributed by atoms with E-state index in [2.05, 4.69) is 31.5 Å². The highest BCUT2D eigenvalue weighted by atomic mass is 19.4. The summed E-state index contributed by atoms with van der Waals surface area (Å²) in [6.07, 6.45) is -1.56. The number of morpholine rings is 1. The van der Waals surface area contributed by atoms with Crippen molar-refractivity contribution >= 4 is 17.1 Å². The van der Waals surface area contributed by atoms with E-state index >= 15 is 0 Å². The first kappa shape index (κ1) is 22.1. The normalized spacial score (nSPS) is 17.0. The van der Waals surface area contributed by atoms with Crippen LogP contribution in [0.5, 0.6) is 0 Å². The molecular formula is C22H23F3N6O. The first-order valence-corrected chi connectivity index (χ1v) is 10.2. The summed E-state index contributed by atoms with van der Waals surface area (Å²) in [5, 5.41) is 0. The van der Waals surface area contributed by atoms with Gasteiger partial charge in [0.1, 0.15) is 11.6 Å². The smallest absolute Gasteiger partial charge is 0.370 e. The third-order valence-corrected chi connectivity index (χ3v) is 5.30. The minimum absolute atomic E-state index is 0.0411. The van der Waals surface area contributed by atoms with Crippen LogP contribution in [0.15, 0.2) is 36.7 Å². The van der Waals surface area contributed by atoms with Gasteiger partial charge in [0.05, 0.1) is 24.5 Å². The van der Waals surface area contributed by atoms with Gasteiger partial charge in [-0.1, -0.05) is 6.58 Å². The molecular weight excluding hydrogens is 421 g/mol. The van der Waals surface area contributed by atoms with Crippen molar-refractivity contribution < 1.29 is 17.9 Å². The third kappa shape index (κ3) is 4.85. The second-order valence-corrected chi connectivity index (χ2v) is 7.79. The van der Waals surface area contributed by atoms with Gasteiger partial charge in [-0.15, -0.1) is 0 Å². The number of ether oxygens (including phenoxy) is 1. The Morgan fingerprint density at radius 2 is 2.00 bits per heavy atom. The standard InChI is InChI=1S/C22H23F3N6O/c1-13(22(23,24)25)4-5-17-19-20(28-15(3)11-27-19)30-21(29-17)31-8-9-32-18(12-31)16-6-7-26-14(2)10-16/h6-7,10-11,18H,1,4-5,8-9,12H2,2-3H3/t18-/m1/s1. The molecule has 168 valence electrons. The molecule has 3 aromatic rings. The second-order valence-electron chi connectivity index (χ2n) is 7.79. The van der Waals surface area contributed by atoms with E-state index in [4.69, 9.17) is 4.74 Å². The molecule has 0 radical (unpaired) electrons. The maximum absolute atomic E-state index is 12.9. The largest absolute Gasteiger partial charge is 0.412 e. The van der Waals surface area contributed by atoms with Crippen molar-refractivity contribution in [2.75, 3.05) is 24.6 Å². The Morgan fingerprint density at radius 1 is 1.19 bits per heavy atom. The van der Waals surface area contributed by atoms with E-state index in [9.17, 15) is 13.2 Å². The highest BCUT2D eigenvalue weighted by Crippen LogP contribution is 2.29. The molecule has 1 atom stereocenters. The Morgan fingerprint density at radius 3 is 2.75 bits per heavy atom. The van der Waals surface area contributed by atoms with Crippen molar-refractivity contribution in [3.8, 4) is 0 Å². The molecule has 7 nitrogen and oxygen atoms in total. The Bertz CT molecular complexity index is 1150. The SMILES string of the molecule is C=C(CCc1nc(N2CCO[C@@H](c3ccnc(C)c3)C2)nc2nc(C)cnc12)C(F)(F)F. The van der Waals surface area contributed by atoms with Crippen LogP contribution in [0.2, 0.25) is 0 Å². The van der Waals surface area contributed by atoms with Crippen LogP contribution in [0, 0.1) is 13.8 Å². The summed E-state index contributed by atoms with van der Waals surface area (Å²) >= 11 is 0. The maximum atomic E-state index is 12.9. The van der Waals surface area contributed by atoms with Gasteiger partial charge in [0, 0.05) is 30.2 Å². The zero-order valence-electron chi connectivity index (χ0n) is 17.9. The molecule has 1 saturated heterocycles. The molecule has 1 fully saturated rings. The second kappa shape index (κ2) is 8.78. The van der Waals surface area contributed by atoms with Gasteiger partial charge in [-0.3, -0.25) is 4.98 Å². The van der Waals surface area contributed by atoms with Crippen LogP contribution in [0.1, 0.15) is 35.2 Å². The predicted octanol–water partition coefficient (Wildman–Crippen LogP) is 4.06. The average Bonchev–Trinajstić information content (AvgIpc) is 2.76. The highest BCUT2D eigenvalue weighted by molar-refractivity contribution is 5.74. The van der Waals surface area contributed by atoms with Gasteiger partial charge in [-0.25, -0.2) is 15.0 Å². The zero-order valence-corrected chi connectivity index (χ0v) is 17.9. The van der Waals surface area contributed by atoms with E-state index in [0.717, 1.165) is 11.3 Å². The summed E-state index contributed by atoms with van der Waals surface area (Å²) in [6, 6.07) is 3.88. The minimum Gasteiger partial charge on any atom is -0.370 e. The number of nitrogens with zero attached hydrogens (tertiary/aromatic N) is 6. The van der Waals surface area contributed by atoms with Crippen molar-refractivity contribution in [2.45, 2.75) is 39.0 Å². The Hall–Kier alpha value is -3.14. The van der Waals surface area contributed by atoms with Gasteiger partial charge < -0.3 is 9.64 Å². The van der Waals surface area contributed by atoms with Gasteiger partial charge >= 0.3 is 6.18 Å². The number of fused-ring (bicyclic) bond motifs is 1. The Labute approximate surface area is 183 Å². The molecule has 0 amide bonds. The van der Waals surface area contributed by atoms with Crippen LogP contribution in [0.4, 0.5) is 19.1 Å². The molecule has 3 aromatic heterocycles. The lowest BCUT2D eigenvalue weighted by Gasteiger charge is -2.33. The fourth-order valence-corrected chi connectivity index (χ4v) is 3.57. The number of hydrogen-bond acceptors (Lipinski definition) is 7. The van der Waals surface area contributed by atoms with Crippen molar-refractivity contribution in [2.24, 2.45) is 0 Å². The van der Waals surface area contributed by atoms with E-state index in [1.807, 2.05) is 24.0 Å². The number of halogens is 3. The zero-order chi connectivity index (χ0) is 22.9. The van der Waals surface area contributed by atoms with E-state index in [1.54, 1.807) is 19.3 Å². The maximum Gasteiger partial charge on any atom is 0.412 e. The lowest BCUT2D eigenvalue weighted by Crippen LogP contribution is -2.39. The third-order valence-electron chi connectivity index (χ3n) is 5.30. The van der Waals surface area contributed by atoms with Gasteiger partial charge in [-0.05, 0) is 44.4 Å².